The molecule has 3 nitrogen and oxygen atoms in total. The van der Waals surface area contributed by atoms with E-state index in [1.807, 2.05) is 0 Å². The summed E-state index contributed by atoms with van der Waals surface area (Å²) in [7, 11) is 0. The summed E-state index contributed by atoms with van der Waals surface area (Å²) < 4.78 is 23.8. The predicted octanol–water partition coefficient (Wildman–Crippen LogP) is 2.89. The van der Waals surface area contributed by atoms with Crippen LogP contribution in [0.4, 0.5) is 0 Å². The van der Waals surface area contributed by atoms with Gasteiger partial charge in [0.15, 0.2) is 0 Å². The number of hydrogen-bond acceptors (Lipinski definition) is 2. The second kappa shape index (κ2) is 6.53. The van der Waals surface area contributed by atoms with Crippen LogP contribution in [0.15, 0.2) is 0 Å². The first-order valence-electron chi connectivity index (χ1n) is 5.50. The first-order valence-corrected chi connectivity index (χ1v) is 6.53. The van der Waals surface area contributed by atoms with Crippen molar-refractivity contribution in [2.24, 2.45) is 5.92 Å². The van der Waals surface area contributed by atoms with Gasteiger partial charge in [0.2, 0.25) is 0 Å². The van der Waals surface area contributed by atoms with E-state index in [2.05, 4.69) is 6.92 Å². The van der Waals surface area contributed by atoms with E-state index in [0.717, 1.165) is 31.6 Å². The highest BCUT2D eigenvalue weighted by molar-refractivity contribution is 7.74. The summed E-state index contributed by atoms with van der Waals surface area (Å²) in [4.78, 5) is 0. The Balaban J connectivity index is 2.14. The Labute approximate surface area is 88.7 Å². The van der Waals surface area contributed by atoms with Crippen molar-refractivity contribution in [1.82, 2.24) is 0 Å². The highest BCUT2D eigenvalue weighted by Crippen LogP contribution is 2.29. The van der Waals surface area contributed by atoms with Crippen molar-refractivity contribution in [2.75, 3.05) is 0 Å². The Morgan fingerprint density at radius 1 is 1.36 bits per heavy atom. The fraction of sp³-hybridized carbons (Fsp3) is 1.00. The van der Waals surface area contributed by atoms with E-state index in [9.17, 15) is 4.21 Å². The third kappa shape index (κ3) is 4.53. The maximum Gasteiger partial charge on any atom is 0.302 e. The summed E-state index contributed by atoms with van der Waals surface area (Å²) in [6.07, 6.45) is 8.09. The molecule has 0 spiro atoms. The highest BCUT2D eigenvalue weighted by atomic mass is 32.2. The van der Waals surface area contributed by atoms with Gasteiger partial charge in [-0.3, -0.25) is 8.74 Å². The second-order valence-electron chi connectivity index (χ2n) is 4.10. The maximum atomic E-state index is 10.4. The van der Waals surface area contributed by atoms with E-state index < -0.39 is 11.4 Å². The van der Waals surface area contributed by atoms with Crippen molar-refractivity contribution >= 4 is 11.4 Å². The van der Waals surface area contributed by atoms with Gasteiger partial charge in [0.05, 0.1) is 6.10 Å². The fourth-order valence-electron chi connectivity index (χ4n) is 2.13. The summed E-state index contributed by atoms with van der Waals surface area (Å²) in [6, 6.07) is 0. The lowest BCUT2D eigenvalue weighted by atomic mass is 9.84. The van der Waals surface area contributed by atoms with E-state index in [1.165, 1.54) is 19.3 Å². The molecule has 0 bridgehead atoms. The molecule has 1 aliphatic rings. The molecule has 1 fully saturated rings. The monoisotopic (exact) mass is 220 g/mol. The molecule has 0 aromatic rings. The minimum atomic E-state index is -2.08. The summed E-state index contributed by atoms with van der Waals surface area (Å²) in [5.41, 5.74) is 0. The molecule has 1 unspecified atom stereocenters. The molecule has 0 aliphatic heterocycles. The molecule has 84 valence electrons. The van der Waals surface area contributed by atoms with Gasteiger partial charge in [-0.15, -0.1) is 0 Å². The number of rotatable bonds is 5. The van der Waals surface area contributed by atoms with Gasteiger partial charge in [-0.2, -0.15) is 4.21 Å². The van der Waals surface area contributed by atoms with Gasteiger partial charge in [-0.25, -0.2) is 0 Å². The maximum absolute atomic E-state index is 10.4. The quantitative estimate of drug-likeness (QED) is 0.725. The molecular weight excluding hydrogens is 200 g/mol. The third-order valence-electron chi connectivity index (χ3n) is 2.98. The molecule has 0 saturated heterocycles. The molecule has 0 radical (unpaired) electrons. The van der Waals surface area contributed by atoms with E-state index in [0.29, 0.717) is 0 Å². The van der Waals surface area contributed by atoms with Crippen LogP contribution >= 0.6 is 0 Å². The van der Waals surface area contributed by atoms with Crippen LogP contribution in [0.5, 0.6) is 0 Å². The average molecular weight is 220 g/mol. The van der Waals surface area contributed by atoms with E-state index in [4.69, 9.17) is 8.74 Å². The Morgan fingerprint density at radius 3 is 2.50 bits per heavy atom. The summed E-state index contributed by atoms with van der Waals surface area (Å²) in [5.74, 6) is 0.821. The summed E-state index contributed by atoms with van der Waals surface area (Å²) in [6.45, 7) is 2.21. The highest BCUT2D eigenvalue weighted by Gasteiger charge is 2.22. The minimum Gasteiger partial charge on any atom is -0.284 e. The molecule has 1 atom stereocenters. The molecule has 4 heteroatoms. The van der Waals surface area contributed by atoms with E-state index in [-0.39, 0.29) is 6.10 Å². The largest absolute Gasteiger partial charge is 0.302 e. The van der Waals surface area contributed by atoms with Gasteiger partial charge in [-0.05, 0) is 31.6 Å². The first kappa shape index (κ1) is 12.1. The molecule has 14 heavy (non-hydrogen) atoms. The Bertz CT molecular complexity index is 176. The van der Waals surface area contributed by atoms with Gasteiger partial charge in [0.25, 0.3) is 0 Å². The van der Waals surface area contributed by atoms with Crippen molar-refractivity contribution in [1.29, 1.82) is 0 Å². The Morgan fingerprint density at radius 2 is 2.00 bits per heavy atom. The molecule has 1 saturated carbocycles. The molecule has 1 N–H and O–H groups in total. The zero-order valence-electron chi connectivity index (χ0n) is 8.78. The normalized spacial score (nSPS) is 30.1. The number of unbranched alkanes of at least 4 members (excludes halogenated alkanes) is 1. The van der Waals surface area contributed by atoms with Gasteiger partial charge < -0.3 is 0 Å². The SMILES string of the molecule is CCCCC1CCC(OS(=O)O)CC1. The topological polar surface area (TPSA) is 46.5 Å². The molecule has 0 aromatic carbocycles. The van der Waals surface area contributed by atoms with Crippen LogP contribution in [0.25, 0.3) is 0 Å². The standard InChI is InChI=1S/C10H20O3S/c1-2-3-4-9-5-7-10(8-6-9)13-14(11)12/h9-10H,2-8H2,1H3,(H,11,12). The van der Waals surface area contributed by atoms with Crippen molar-refractivity contribution in [3.8, 4) is 0 Å². The predicted molar refractivity (Wildman–Crippen MR) is 57.1 cm³/mol. The smallest absolute Gasteiger partial charge is 0.284 e. The zero-order chi connectivity index (χ0) is 10.4. The second-order valence-corrected chi connectivity index (χ2v) is 4.72. The average Bonchev–Trinajstić information content (AvgIpc) is 2.16. The molecule has 1 rings (SSSR count). The molecule has 0 amide bonds. The lowest BCUT2D eigenvalue weighted by Gasteiger charge is -2.26. The molecular formula is C10H20O3S. The minimum absolute atomic E-state index is 0.0127. The van der Waals surface area contributed by atoms with Crippen LogP contribution in [0, 0.1) is 5.92 Å². The lowest BCUT2D eigenvalue weighted by Crippen LogP contribution is -2.22. The van der Waals surface area contributed by atoms with E-state index >= 15 is 0 Å². The summed E-state index contributed by atoms with van der Waals surface area (Å²) >= 11 is -2.08. The molecule has 1 aliphatic carbocycles. The third-order valence-corrected chi connectivity index (χ3v) is 3.41. The van der Waals surface area contributed by atoms with Crippen LogP contribution in [-0.2, 0) is 15.5 Å². The molecule has 0 aromatic heterocycles. The molecule has 0 heterocycles. The van der Waals surface area contributed by atoms with E-state index in [1.54, 1.807) is 0 Å². The van der Waals surface area contributed by atoms with Crippen LogP contribution < -0.4 is 0 Å². The Hall–Kier alpha value is 0.0700. The van der Waals surface area contributed by atoms with Crippen molar-refractivity contribution in [3.63, 3.8) is 0 Å². The Kier molecular flexibility index (Phi) is 5.67. The summed E-state index contributed by atoms with van der Waals surface area (Å²) in [5, 5.41) is 0. The number of hydrogen-bond donors (Lipinski definition) is 1. The lowest BCUT2D eigenvalue weighted by molar-refractivity contribution is 0.131. The van der Waals surface area contributed by atoms with Crippen LogP contribution in [-0.4, -0.2) is 14.9 Å². The first-order chi connectivity index (χ1) is 6.72. The van der Waals surface area contributed by atoms with Crippen molar-refractivity contribution in [2.45, 2.75) is 58.0 Å². The van der Waals surface area contributed by atoms with Gasteiger partial charge in [0.1, 0.15) is 0 Å². The van der Waals surface area contributed by atoms with Crippen LogP contribution in [0.1, 0.15) is 51.9 Å². The van der Waals surface area contributed by atoms with Gasteiger partial charge in [-0.1, -0.05) is 26.2 Å². The van der Waals surface area contributed by atoms with Crippen molar-refractivity contribution < 1.29 is 12.9 Å². The van der Waals surface area contributed by atoms with Gasteiger partial charge >= 0.3 is 11.4 Å². The van der Waals surface area contributed by atoms with Crippen LogP contribution in [0.2, 0.25) is 0 Å². The fourth-order valence-corrected chi connectivity index (χ4v) is 2.55. The van der Waals surface area contributed by atoms with Gasteiger partial charge in [0, 0.05) is 0 Å². The van der Waals surface area contributed by atoms with Crippen molar-refractivity contribution in [3.05, 3.63) is 0 Å². The zero-order valence-corrected chi connectivity index (χ0v) is 9.59. The van der Waals surface area contributed by atoms with Crippen LogP contribution in [0.3, 0.4) is 0 Å².